The molecule has 104 valence electrons. The predicted molar refractivity (Wildman–Crippen MR) is 75.4 cm³/mol. The van der Waals surface area contributed by atoms with Crippen molar-refractivity contribution in [3.63, 3.8) is 0 Å². The van der Waals surface area contributed by atoms with Crippen LogP contribution in [0.25, 0.3) is 0 Å². The molecule has 1 rings (SSSR count). The Kier molecular flexibility index (Phi) is 6.15. The van der Waals surface area contributed by atoms with Gasteiger partial charge in [0, 0.05) is 5.02 Å². The molecule has 5 nitrogen and oxygen atoms in total. The number of carbonyl (C=O) groups is 1. The zero-order valence-corrected chi connectivity index (χ0v) is 11.5. The maximum Gasteiger partial charge on any atom is 0.225 e. The molecule has 0 aliphatic rings. The molecule has 0 radical (unpaired) electrons. The summed E-state index contributed by atoms with van der Waals surface area (Å²) in [5.74, 6) is -0.201. The van der Waals surface area contributed by atoms with Gasteiger partial charge in [-0.25, -0.2) is 0 Å². The molecular weight excluding hydrogens is 266 g/mol. The van der Waals surface area contributed by atoms with Crippen molar-refractivity contribution in [1.29, 1.82) is 0 Å². The van der Waals surface area contributed by atoms with Gasteiger partial charge in [-0.15, -0.1) is 0 Å². The molecule has 0 heterocycles. The summed E-state index contributed by atoms with van der Waals surface area (Å²) in [6, 6.07) is 6.70. The highest BCUT2D eigenvalue weighted by molar-refractivity contribution is 6.31. The number of hydrogen-bond acceptors (Lipinski definition) is 3. The second kappa shape index (κ2) is 7.63. The van der Waals surface area contributed by atoms with Gasteiger partial charge < -0.3 is 16.3 Å². The van der Waals surface area contributed by atoms with Crippen LogP contribution in [-0.2, 0) is 11.2 Å². The average molecular weight is 284 g/mol. The maximum atomic E-state index is 11.9. The van der Waals surface area contributed by atoms with Gasteiger partial charge in [0.05, 0.1) is 12.5 Å². The molecule has 1 unspecified atom stereocenters. The molecule has 19 heavy (non-hydrogen) atoms. The van der Waals surface area contributed by atoms with Gasteiger partial charge in [-0.3, -0.25) is 4.79 Å². The first-order chi connectivity index (χ1) is 9.08. The highest BCUT2D eigenvalue weighted by Gasteiger charge is 2.16. The van der Waals surface area contributed by atoms with Gasteiger partial charge in [0.15, 0.2) is 5.84 Å². The van der Waals surface area contributed by atoms with Crippen LogP contribution in [0.1, 0.15) is 25.3 Å². The third-order valence-corrected chi connectivity index (χ3v) is 3.06. The Labute approximate surface area is 117 Å². The van der Waals surface area contributed by atoms with Crippen LogP contribution in [0, 0.1) is 0 Å². The second-order valence-electron chi connectivity index (χ2n) is 4.20. The Bertz CT molecular complexity index is 463. The average Bonchev–Trinajstić information content (AvgIpc) is 2.40. The standard InChI is InChI=1S/C13H18ClN3O2/c1-2-5-11(13(15)17-19)16-12(18)8-9-6-3-4-7-10(9)14/h3-4,6-7,11,19H,2,5,8H2,1H3,(H2,15,17)(H,16,18). The number of amidine groups is 1. The molecule has 0 bridgehead atoms. The van der Waals surface area contributed by atoms with E-state index in [-0.39, 0.29) is 18.2 Å². The van der Waals surface area contributed by atoms with Crippen molar-refractivity contribution >= 4 is 23.3 Å². The lowest BCUT2D eigenvalue weighted by atomic mass is 10.1. The van der Waals surface area contributed by atoms with Gasteiger partial charge in [0.2, 0.25) is 5.91 Å². The fourth-order valence-corrected chi connectivity index (χ4v) is 1.92. The van der Waals surface area contributed by atoms with E-state index < -0.39 is 6.04 Å². The van der Waals surface area contributed by atoms with Gasteiger partial charge in [-0.05, 0) is 18.1 Å². The quantitative estimate of drug-likeness (QED) is 0.322. The van der Waals surface area contributed by atoms with Crippen LogP contribution >= 0.6 is 11.6 Å². The van der Waals surface area contributed by atoms with Gasteiger partial charge in [0.1, 0.15) is 0 Å². The van der Waals surface area contributed by atoms with Crippen LogP contribution in [0.5, 0.6) is 0 Å². The van der Waals surface area contributed by atoms with Gasteiger partial charge in [0.25, 0.3) is 0 Å². The summed E-state index contributed by atoms with van der Waals surface area (Å²) in [7, 11) is 0. The third-order valence-electron chi connectivity index (χ3n) is 2.69. The minimum atomic E-state index is -0.454. The van der Waals surface area contributed by atoms with E-state index in [2.05, 4.69) is 10.5 Å². The molecule has 6 heteroatoms. The summed E-state index contributed by atoms with van der Waals surface area (Å²) < 4.78 is 0. The largest absolute Gasteiger partial charge is 0.409 e. The zero-order chi connectivity index (χ0) is 14.3. The minimum Gasteiger partial charge on any atom is -0.409 e. The molecule has 1 amide bonds. The number of amides is 1. The topological polar surface area (TPSA) is 87.7 Å². The van der Waals surface area contributed by atoms with E-state index in [0.29, 0.717) is 11.4 Å². The number of oxime groups is 1. The van der Waals surface area contributed by atoms with Crippen molar-refractivity contribution in [1.82, 2.24) is 5.32 Å². The maximum absolute atomic E-state index is 11.9. The van der Waals surface area contributed by atoms with E-state index in [0.717, 1.165) is 12.0 Å². The lowest BCUT2D eigenvalue weighted by Crippen LogP contribution is -2.45. The molecule has 0 aliphatic carbocycles. The summed E-state index contributed by atoms with van der Waals surface area (Å²) >= 11 is 5.99. The van der Waals surface area contributed by atoms with Crippen LogP contribution in [-0.4, -0.2) is 23.0 Å². The van der Waals surface area contributed by atoms with Gasteiger partial charge >= 0.3 is 0 Å². The Hall–Kier alpha value is -1.75. The molecule has 0 aliphatic heterocycles. The molecule has 0 fully saturated rings. The first-order valence-corrected chi connectivity index (χ1v) is 6.46. The van der Waals surface area contributed by atoms with Gasteiger partial charge in [-0.2, -0.15) is 0 Å². The predicted octanol–water partition coefficient (Wildman–Crippen LogP) is 1.91. The van der Waals surface area contributed by atoms with Crippen LogP contribution in [0.2, 0.25) is 5.02 Å². The summed E-state index contributed by atoms with van der Waals surface area (Å²) in [6.07, 6.45) is 1.59. The monoisotopic (exact) mass is 283 g/mol. The Balaban J connectivity index is 2.65. The lowest BCUT2D eigenvalue weighted by molar-refractivity contribution is -0.120. The van der Waals surface area contributed by atoms with Crippen LogP contribution in [0.15, 0.2) is 29.4 Å². The van der Waals surface area contributed by atoms with E-state index in [9.17, 15) is 4.79 Å². The number of benzene rings is 1. The SMILES string of the molecule is CCCC(NC(=O)Cc1ccccc1Cl)/C(N)=N/O. The number of carbonyl (C=O) groups excluding carboxylic acids is 1. The van der Waals surface area contributed by atoms with E-state index >= 15 is 0 Å². The third kappa shape index (κ3) is 4.79. The summed E-state index contributed by atoms with van der Waals surface area (Å²) in [5, 5.41) is 14.9. The van der Waals surface area contributed by atoms with Crippen molar-refractivity contribution in [3.05, 3.63) is 34.9 Å². The number of nitrogens with one attached hydrogen (secondary N) is 1. The highest BCUT2D eigenvalue weighted by Crippen LogP contribution is 2.15. The molecule has 0 saturated heterocycles. The summed E-state index contributed by atoms with van der Waals surface area (Å²) in [5.41, 5.74) is 6.28. The number of halogens is 1. The summed E-state index contributed by atoms with van der Waals surface area (Å²) in [6.45, 7) is 1.96. The van der Waals surface area contributed by atoms with Crippen molar-refractivity contribution in [2.75, 3.05) is 0 Å². The fraction of sp³-hybridized carbons (Fsp3) is 0.385. The molecule has 4 N–H and O–H groups in total. The molecule has 0 saturated carbocycles. The Morgan fingerprint density at radius 2 is 2.21 bits per heavy atom. The van der Waals surface area contributed by atoms with Crippen molar-refractivity contribution in [2.45, 2.75) is 32.2 Å². The molecule has 1 atom stereocenters. The van der Waals surface area contributed by atoms with E-state index in [1.807, 2.05) is 13.0 Å². The number of rotatable bonds is 6. The van der Waals surface area contributed by atoms with Gasteiger partial charge in [-0.1, -0.05) is 48.3 Å². The number of nitrogens with two attached hydrogens (primary N) is 1. The first-order valence-electron chi connectivity index (χ1n) is 6.08. The van der Waals surface area contributed by atoms with E-state index in [1.165, 1.54) is 0 Å². The van der Waals surface area contributed by atoms with E-state index in [4.69, 9.17) is 22.5 Å². The van der Waals surface area contributed by atoms with Crippen molar-refractivity contribution in [3.8, 4) is 0 Å². The van der Waals surface area contributed by atoms with Crippen LogP contribution in [0.4, 0.5) is 0 Å². The summed E-state index contributed by atoms with van der Waals surface area (Å²) in [4.78, 5) is 11.9. The number of nitrogens with zero attached hydrogens (tertiary/aromatic N) is 1. The van der Waals surface area contributed by atoms with Crippen LogP contribution in [0.3, 0.4) is 0 Å². The molecular formula is C13H18ClN3O2. The lowest BCUT2D eigenvalue weighted by Gasteiger charge is -2.16. The molecule has 0 spiro atoms. The molecule has 1 aromatic carbocycles. The zero-order valence-electron chi connectivity index (χ0n) is 10.8. The highest BCUT2D eigenvalue weighted by atomic mass is 35.5. The Morgan fingerprint density at radius 1 is 1.53 bits per heavy atom. The van der Waals surface area contributed by atoms with Crippen LogP contribution < -0.4 is 11.1 Å². The smallest absolute Gasteiger partial charge is 0.225 e. The first kappa shape index (κ1) is 15.3. The number of hydrogen-bond donors (Lipinski definition) is 3. The van der Waals surface area contributed by atoms with Crippen molar-refractivity contribution < 1.29 is 10.0 Å². The fourth-order valence-electron chi connectivity index (χ4n) is 1.71. The minimum absolute atomic E-state index is 0.00867. The normalized spacial score (nSPS) is 13.1. The Morgan fingerprint density at radius 3 is 2.79 bits per heavy atom. The molecule has 0 aromatic heterocycles. The second-order valence-corrected chi connectivity index (χ2v) is 4.61. The van der Waals surface area contributed by atoms with E-state index in [1.54, 1.807) is 18.2 Å². The van der Waals surface area contributed by atoms with Crippen molar-refractivity contribution in [2.24, 2.45) is 10.9 Å². The molecule has 1 aromatic rings.